The highest BCUT2D eigenvalue weighted by Crippen LogP contribution is 2.22. The lowest BCUT2D eigenvalue weighted by atomic mass is 10.1. The van der Waals surface area contributed by atoms with E-state index in [4.69, 9.17) is 5.21 Å². The second-order valence-electron chi connectivity index (χ2n) is 8.59. The smallest absolute Gasteiger partial charge is 0.322 e. The predicted octanol–water partition coefficient (Wildman–Crippen LogP) is 4.06. The Hall–Kier alpha value is -3.68. The topological polar surface area (TPSA) is 76.1 Å². The van der Waals surface area contributed by atoms with Crippen LogP contribution in [-0.2, 0) is 13.1 Å². The number of hydrogen-bond donors (Lipinski definition) is 2. The summed E-state index contributed by atoms with van der Waals surface area (Å²) in [6.45, 7) is 6.27. The number of urea groups is 1. The summed E-state index contributed by atoms with van der Waals surface area (Å²) >= 11 is 0. The third kappa shape index (κ3) is 5.81. The molecule has 3 aromatic carbocycles. The molecule has 7 heteroatoms. The molecule has 0 aromatic heterocycles. The third-order valence-electron chi connectivity index (χ3n) is 6.09. The van der Waals surface area contributed by atoms with Gasteiger partial charge in [0.25, 0.3) is 5.91 Å². The molecule has 0 aliphatic carbocycles. The fraction of sp³-hybridized carbons (Fsp3) is 0.259. The molecular formula is C27H30N4O3. The fourth-order valence-electron chi connectivity index (χ4n) is 4.18. The van der Waals surface area contributed by atoms with Crippen molar-refractivity contribution in [1.29, 1.82) is 0 Å². The zero-order valence-electron chi connectivity index (χ0n) is 19.4. The highest BCUT2D eigenvalue weighted by Gasteiger charge is 2.26. The van der Waals surface area contributed by atoms with Gasteiger partial charge in [0, 0.05) is 44.0 Å². The zero-order valence-corrected chi connectivity index (χ0v) is 19.4. The number of amides is 3. The first-order valence-corrected chi connectivity index (χ1v) is 11.5. The van der Waals surface area contributed by atoms with Crippen LogP contribution >= 0.6 is 0 Å². The van der Waals surface area contributed by atoms with Gasteiger partial charge in [-0.15, -0.1) is 0 Å². The van der Waals surface area contributed by atoms with Gasteiger partial charge in [-0.1, -0.05) is 54.6 Å². The van der Waals surface area contributed by atoms with E-state index in [9.17, 15) is 9.59 Å². The summed E-state index contributed by atoms with van der Waals surface area (Å²) in [5.41, 5.74) is 6.09. The van der Waals surface area contributed by atoms with E-state index < -0.39 is 5.91 Å². The number of nitrogens with zero attached hydrogens (tertiary/aromatic N) is 3. The number of carbonyl (C=O) groups is 2. The minimum atomic E-state index is -0.563. The first-order valence-electron chi connectivity index (χ1n) is 11.5. The van der Waals surface area contributed by atoms with E-state index in [1.165, 1.54) is 5.56 Å². The number of nitrogens with one attached hydrogen (secondary N) is 1. The summed E-state index contributed by atoms with van der Waals surface area (Å²) < 4.78 is 0. The molecule has 3 amide bonds. The van der Waals surface area contributed by atoms with Crippen LogP contribution in [0.3, 0.4) is 0 Å². The number of hydrogen-bond acceptors (Lipinski definition) is 4. The van der Waals surface area contributed by atoms with Crippen LogP contribution in [0.2, 0.25) is 0 Å². The van der Waals surface area contributed by atoms with Crippen LogP contribution in [0.15, 0.2) is 78.9 Å². The van der Waals surface area contributed by atoms with Crippen molar-refractivity contribution in [3.8, 4) is 0 Å². The summed E-state index contributed by atoms with van der Waals surface area (Å²) in [5.74, 6) is -0.563. The molecule has 0 radical (unpaired) electrons. The Labute approximate surface area is 200 Å². The van der Waals surface area contributed by atoms with E-state index in [1.807, 2.05) is 42.2 Å². The van der Waals surface area contributed by atoms with E-state index in [0.717, 1.165) is 36.4 Å². The SMILES string of the molecule is Cc1cccc(N(Cc2ccc(C(=O)NO)cc2)C(=O)N2CCN(Cc3ccccc3)CC2)c1. The molecule has 176 valence electrons. The van der Waals surface area contributed by atoms with Gasteiger partial charge in [-0.05, 0) is 47.9 Å². The van der Waals surface area contributed by atoms with Crippen LogP contribution in [-0.4, -0.2) is 53.1 Å². The second-order valence-corrected chi connectivity index (χ2v) is 8.59. The lowest BCUT2D eigenvalue weighted by molar-refractivity contribution is 0.0706. The molecule has 7 nitrogen and oxygen atoms in total. The van der Waals surface area contributed by atoms with Crippen LogP contribution < -0.4 is 10.4 Å². The molecule has 1 saturated heterocycles. The van der Waals surface area contributed by atoms with Crippen molar-refractivity contribution in [1.82, 2.24) is 15.3 Å². The van der Waals surface area contributed by atoms with E-state index in [2.05, 4.69) is 29.2 Å². The molecule has 1 aliphatic heterocycles. The molecule has 1 fully saturated rings. The van der Waals surface area contributed by atoms with Gasteiger partial charge in [-0.25, -0.2) is 10.3 Å². The number of rotatable bonds is 6. The molecule has 3 aromatic rings. The Kier molecular flexibility index (Phi) is 7.57. The lowest BCUT2D eigenvalue weighted by Gasteiger charge is -2.37. The molecule has 4 rings (SSSR count). The summed E-state index contributed by atoms with van der Waals surface area (Å²) in [6, 6.07) is 25.2. The van der Waals surface area contributed by atoms with Crippen LogP contribution in [0.5, 0.6) is 0 Å². The van der Waals surface area contributed by atoms with Crippen molar-refractivity contribution in [3.05, 3.63) is 101 Å². The van der Waals surface area contributed by atoms with Crippen molar-refractivity contribution < 1.29 is 14.8 Å². The van der Waals surface area contributed by atoms with Gasteiger partial charge in [-0.3, -0.25) is 19.8 Å². The summed E-state index contributed by atoms with van der Waals surface area (Å²) in [5, 5.41) is 8.83. The first kappa shape index (κ1) is 23.5. The molecule has 0 saturated carbocycles. The Bertz CT molecular complexity index is 1110. The van der Waals surface area contributed by atoms with Crippen molar-refractivity contribution in [2.75, 3.05) is 31.1 Å². The molecule has 2 N–H and O–H groups in total. The third-order valence-corrected chi connectivity index (χ3v) is 6.09. The van der Waals surface area contributed by atoms with Crippen LogP contribution in [0.4, 0.5) is 10.5 Å². The second kappa shape index (κ2) is 11.0. The molecule has 0 bridgehead atoms. The summed E-state index contributed by atoms with van der Waals surface area (Å²) in [4.78, 5) is 31.3. The van der Waals surface area contributed by atoms with Gasteiger partial charge in [-0.2, -0.15) is 0 Å². The number of piperazine rings is 1. The maximum atomic E-state index is 13.6. The Morgan fingerprint density at radius 2 is 1.59 bits per heavy atom. The Balaban J connectivity index is 1.47. The zero-order chi connectivity index (χ0) is 23.9. The predicted molar refractivity (Wildman–Crippen MR) is 132 cm³/mol. The van der Waals surface area contributed by atoms with E-state index >= 15 is 0 Å². The lowest BCUT2D eigenvalue weighted by Crippen LogP contribution is -2.52. The maximum Gasteiger partial charge on any atom is 0.324 e. The quantitative estimate of drug-likeness (QED) is 0.432. The standard InChI is InChI=1S/C27H30N4O3/c1-21-6-5-9-25(18-21)31(20-23-10-12-24(13-11-23)26(32)28-34)27(33)30-16-14-29(15-17-30)19-22-7-3-2-4-8-22/h2-13,18,34H,14-17,19-20H2,1H3,(H,28,32). The van der Waals surface area contributed by atoms with Crippen molar-refractivity contribution in [2.24, 2.45) is 0 Å². The number of carbonyl (C=O) groups excluding carboxylic acids is 2. The van der Waals surface area contributed by atoms with Gasteiger partial charge in [0.05, 0.1) is 6.54 Å². The summed E-state index contributed by atoms with van der Waals surface area (Å²) in [6.07, 6.45) is 0. The van der Waals surface area contributed by atoms with Crippen molar-refractivity contribution >= 4 is 17.6 Å². The molecular weight excluding hydrogens is 428 g/mol. The van der Waals surface area contributed by atoms with E-state index in [1.54, 1.807) is 34.6 Å². The number of anilines is 1. The average Bonchev–Trinajstić information content (AvgIpc) is 2.88. The highest BCUT2D eigenvalue weighted by molar-refractivity contribution is 5.94. The monoisotopic (exact) mass is 458 g/mol. The van der Waals surface area contributed by atoms with Gasteiger partial charge in [0.15, 0.2) is 0 Å². The molecule has 0 atom stereocenters. The van der Waals surface area contributed by atoms with Crippen molar-refractivity contribution in [2.45, 2.75) is 20.0 Å². The largest absolute Gasteiger partial charge is 0.324 e. The maximum absolute atomic E-state index is 13.6. The van der Waals surface area contributed by atoms with Crippen LogP contribution in [0, 0.1) is 6.92 Å². The number of aryl methyl sites for hydroxylation is 1. The Morgan fingerprint density at radius 3 is 2.24 bits per heavy atom. The van der Waals surface area contributed by atoms with Gasteiger partial charge in [0.1, 0.15) is 0 Å². The molecule has 0 unspecified atom stereocenters. The first-order chi connectivity index (χ1) is 16.5. The molecule has 0 spiro atoms. The minimum Gasteiger partial charge on any atom is -0.322 e. The van der Waals surface area contributed by atoms with E-state index in [0.29, 0.717) is 25.2 Å². The average molecular weight is 459 g/mol. The normalized spacial score (nSPS) is 14.0. The van der Waals surface area contributed by atoms with Crippen LogP contribution in [0.1, 0.15) is 27.0 Å². The molecule has 1 aliphatic rings. The van der Waals surface area contributed by atoms with Crippen LogP contribution in [0.25, 0.3) is 0 Å². The van der Waals surface area contributed by atoms with Gasteiger partial charge < -0.3 is 4.90 Å². The van der Waals surface area contributed by atoms with E-state index in [-0.39, 0.29) is 6.03 Å². The highest BCUT2D eigenvalue weighted by atomic mass is 16.5. The Morgan fingerprint density at radius 1 is 0.882 bits per heavy atom. The van der Waals surface area contributed by atoms with Gasteiger partial charge in [0.2, 0.25) is 0 Å². The summed E-state index contributed by atoms with van der Waals surface area (Å²) in [7, 11) is 0. The van der Waals surface area contributed by atoms with Crippen molar-refractivity contribution in [3.63, 3.8) is 0 Å². The molecule has 1 heterocycles. The molecule has 34 heavy (non-hydrogen) atoms. The number of benzene rings is 3. The van der Waals surface area contributed by atoms with Gasteiger partial charge >= 0.3 is 6.03 Å². The number of hydroxylamine groups is 1. The fourth-order valence-corrected chi connectivity index (χ4v) is 4.18. The minimum absolute atomic E-state index is 0.0258.